The summed E-state index contributed by atoms with van der Waals surface area (Å²) < 4.78 is 18.9. The highest BCUT2D eigenvalue weighted by molar-refractivity contribution is 9.13. The van der Waals surface area contributed by atoms with E-state index in [-0.39, 0.29) is 33.4 Å². The highest BCUT2D eigenvalue weighted by Crippen LogP contribution is 2.52. The molecule has 1 unspecified atom stereocenters. The monoisotopic (exact) mass is 660 g/mol. The van der Waals surface area contributed by atoms with Crippen molar-refractivity contribution in [2.75, 3.05) is 46.1 Å². The zero-order chi connectivity index (χ0) is 27.5. The van der Waals surface area contributed by atoms with Crippen LogP contribution in [0.2, 0.25) is 0 Å². The fraction of sp³-hybridized carbons (Fsp3) is 0.680. The Bertz CT molecular complexity index is 1140. The second-order valence-electron chi connectivity index (χ2n) is 9.16. The van der Waals surface area contributed by atoms with Crippen molar-refractivity contribution in [3.63, 3.8) is 0 Å². The molecule has 2 N–H and O–H groups in total. The molecule has 2 aliphatic carbocycles. The molecule has 3 rings (SSSR count). The van der Waals surface area contributed by atoms with Crippen molar-refractivity contribution in [2.24, 2.45) is 24.8 Å². The Labute approximate surface area is 238 Å². The van der Waals surface area contributed by atoms with E-state index >= 15 is 0 Å². The summed E-state index contributed by atoms with van der Waals surface area (Å²) in [4.78, 5) is 48.3. The molecule has 3 atom stereocenters. The number of aromatic nitrogens is 2. The molecule has 1 heterocycles. The highest BCUT2D eigenvalue weighted by atomic mass is 79.9. The molecule has 1 fully saturated rings. The van der Waals surface area contributed by atoms with Gasteiger partial charge in [0, 0.05) is 39.4 Å². The van der Waals surface area contributed by atoms with Gasteiger partial charge in [-0.05, 0) is 62.5 Å². The number of hydrogen-bond donors (Lipinski definition) is 2. The standard InChI is InChI=1S/C25H34Br2N4O7/c1-30-23(33)21(26)22(27)24(34)31(30)11-8-20(32)28-9-12-36-14-15-37-13-10-29-25(35)38-16-19-17-6-4-2-3-5-7-18(17)19/h17-19H,4-16H2,1H3,(H,28,32)(H,29,35)/t17-,18+,19?. The zero-order valence-corrected chi connectivity index (χ0v) is 24.6. The number of nitrogens with zero attached hydrogens (tertiary/aromatic N) is 2. The van der Waals surface area contributed by atoms with E-state index in [9.17, 15) is 19.2 Å². The summed E-state index contributed by atoms with van der Waals surface area (Å²) in [6, 6.07) is 0. The topological polar surface area (TPSA) is 130 Å². The number of ether oxygens (including phenoxy) is 3. The van der Waals surface area contributed by atoms with Gasteiger partial charge in [-0.1, -0.05) is 0 Å². The number of alkyl carbamates (subject to hydrolysis) is 1. The van der Waals surface area contributed by atoms with E-state index in [1.165, 1.54) is 16.4 Å². The minimum Gasteiger partial charge on any atom is -0.449 e. The third-order valence-electron chi connectivity index (χ3n) is 6.71. The van der Waals surface area contributed by atoms with Crippen LogP contribution >= 0.6 is 31.9 Å². The first-order valence-corrected chi connectivity index (χ1v) is 14.3. The Hall–Kier alpha value is -2.14. The summed E-state index contributed by atoms with van der Waals surface area (Å²) in [5, 5.41) is 5.40. The van der Waals surface area contributed by atoms with E-state index in [1.54, 1.807) is 0 Å². The Morgan fingerprint density at radius 3 is 2.13 bits per heavy atom. The van der Waals surface area contributed by atoms with Crippen LogP contribution in [0.3, 0.4) is 0 Å². The minimum atomic E-state index is -0.420. The second-order valence-corrected chi connectivity index (χ2v) is 10.7. The number of nitrogens with one attached hydrogen (secondary N) is 2. The van der Waals surface area contributed by atoms with E-state index < -0.39 is 11.7 Å². The van der Waals surface area contributed by atoms with Gasteiger partial charge in [0.1, 0.15) is 8.95 Å². The van der Waals surface area contributed by atoms with Gasteiger partial charge in [0.2, 0.25) is 5.91 Å². The number of fused-ring (bicyclic) bond motifs is 1. The maximum Gasteiger partial charge on any atom is 0.407 e. The van der Waals surface area contributed by atoms with Crippen LogP contribution in [0.1, 0.15) is 32.1 Å². The molecule has 1 aromatic heterocycles. The molecule has 2 amide bonds. The van der Waals surface area contributed by atoms with Crippen LogP contribution in [0.15, 0.2) is 18.5 Å². The van der Waals surface area contributed by atoms with Gasteiger partial charge in [-0.2, -0.15) is 0 Å². The molecule has 2 aliphatic rings. The molecule has 38 heavy (non-hydrogen) atoms. The van der Waals surface area contributed by atoms with Crippen molar-refractivity contribution in [3.8, 4) is 11.8 Å². The van der Waals surface area contributed by atoms with Crippen LogP contribution in [0.4, 0.5) is 4.79 Å². The van der Waals surface area contributed by atoms with Crippen molar-refractivity contribution >= 4 is 43.9 Å². The summed E-state index contributed by atoms with van der Waals surface area (Å²) in [6.45, 7) is 2.53. The molecular formula is C25H34Br2N4O7. The molecule has 1 aromatic rings. The number of amides is 2. The Balaban J connectivity index is 1.14. The molecule has 0 saturated heterocycles. The third kappa shape index (κ3) is 8.97. The van der Waals surface area contributed by atoms with E-state index in [4.69, 9.17) is 14.2 Å². The zero-order valence-electron chi connectivity index (χ0n) is 21.4. The first kappa shape index (κ1) is 30.4. The predicted molar refractivity (Wildman–Crippen MR) is 147 cm³/mol. The number of halogens is 2. The number of hydrogen-bond acceptors (Lipinski definition) is 7. The average Bonchev–Trinajstić information content (AvgIpc) is 3.54. The lowest BCUT2D eigenvalue weighted by Gasteiger charge is -2.13. The normalized spacial score (nSPS) is 19.8. The highest BCUT2D eigenvalue weighted by Gasteiger charge is 2.49. The smallest absolute Gasteiger partial charge is 0.407 e. The fourth-order valence-corrected chi connectivity index (χ4v) is 5.35. The maximum atomic E-state index is 12.3. The maximum absolute atomic E-state index is 12.3. The quantitative estimate of drug-likeness (QED) is 0.230. The molecule has 0 aliphatic heterocycles. The number of carbonyl (C=O) groups excluding carboxylic acids is 2. The van der Waals surface area contributed by atoms with Crippen molar-refractivity contribution in [3.05, 3.63) is 29.7 Å². The Morgan fingerprint density at radius 2 is 1.50 bits per heavy atom. The molecule has 0 aromatic carbocycles. The fourth-order valence-electron chi connectivity index (χ4n) is 4.55. The van der Waals surface area contributed by atoms with E-state index in [2.05, 4.69) is 54.3 Å². The van der Waals surface area contributed by atoms with Gasteiger partial charge >= 0.3 is 6.09 Å². The molecule has 210 valence electrons. The summed E-state index contributed by atoms with van der Waals surface area (Å²) >= 11 is 6.17. The second kappa shape index (κ2) is 15.5. The summed E-state index contributed by atoms with van der Waals surface area (Å²) in [5.41, 5.74) is -0.782. The molecular weight excluding hydrogens is 628 g/mol. The lowest BCUT2D eigenvalue weighted by molar-refractivity contribution is -0.121. The van der Waals surface area contributed by atoms with E-state index in [0.717, 1.165) is 25.7 Å². The van der Waals surface area contributed by atoms with E-state index in [1.807, 2.05) is 0 Å². The lowest BCUT2D eigenvalue weighted by Crippen LogP contribution is -2.39. The Kier molecular flexibility index (Phi) is 12.4. The molecule has 0 spiro atoms. The van der Waals surface area contributed by atoms with Crippen LogP contribution in [0.5, 0.6) is 0 Å². The number of rotatable bonds is 14. The van der Waals surface area contributed by atoms with Crippen molar-refractivity contribution in [2.45, 2.75) is 38.6 Å². The average molecular weight is 662 g/mol. The summed E-state index contributed by atoms with van der Waals surface area (Å²) in [5.74, 6) is 7.86. The van der Waals surface area contributed by atoms with E-state index in [0.29, 0.717) is 63.9 Å². The predicted octanol–water partition coefficient (Wildman–Crippen LogP) is 1.78. The van der Waals surface area contributed by atoms with Gasteiger partial charge in [0.05, 0.1) is 39.6 Å². The van der Waals surface area contributed by atoms with Gasteiger partial charge in [-0.3, -0.25) is 14.4 Å². The summed E-state index contributed by atoms with van der Waals surface area (Å²) in [6.07, 6.45) is 3.71. The molecule has 1 saturated carbocycles. The molecule has 0 bridgehead atoms. The van der Waals surface area contributed by atoms with Crippen LogP contribution in [-0.2, 0) is 32.6 Å². The minimum absolute atomic E-state index is 0.0383. The van der Waals surface area contributed by atoms with Gasteiger partial charge in [0.25, 0.3) is 11.1 Å². The lowest BCUT2D eigenvalue weighted by atomic mass is 10.1. The Morgan fingerprint density at radius 1 is 0.921 bits per heavy atom. The van der Waals surface area contributed by atoms with Crippen molar-refractivity contribution in [1.82, 2.24) is 20.0 Å². The molecule has 11 nitrogen and oxygen atoms in total. The van der Waals surface area contributed by atoms with Gasteiger partial charge < -0.3 is 24.8 Å². The largest absolute Gasteiger partial charge is 0.449 e. The van der Waals surface area contributed by atoms with Gasteiger partial charge in [-0.15, -0.1) is 11.8 Å². The molecule has 0 radical (unpaired) electrons. The van der Waals surface area contributed by atoms with Gasteiger partial charge in [0.15, 0.2) is 0 Å². The van der Waals surface area contributed by atoms with Crippen molar-refractivity contribution < 1.29 is 23.8 Å². The van der Waals surface area contributed by atoms with Gasteiger partial charge in [-0.25, -0.2) is 14.2 Å². The first-order valence-electron chi connectivity index (χ1n) is 12.7. The first-order chi connectivity index (χ1) is 18.3. The van der Waals surface area contributed by atoms with Crippen LogP contribution < -0.4 is 21.8 Å². The van der Waals surface area contributed by atoms with Crippen LogP contribution in [0.25, 0.3) is 0 Å². The SMILES string of the molecule is Cn1c(=O)c(Br)c(Br)c(=O)n1CCC(=O)NCCOCCOCCNC(=O)OCC1[C@H]2CCC#CCC[C@@H]12. The molecule has 13 heteroatoms. The van der Waals surface area contributed by atoms with Crippen molar-refractivity contribution in [1.29, 1.82) is 0 Å². The van der Waals surface area contributed by atoms with Crippen LogP contribution in [-0.4, -0.2) is 67.5 Å². The number of carbonyl (C=O) groups is 2. The third-order valence-corrected chi connectivity index (χ3v) is 8.72. The summed E-state index contributed by atoms with van der Waals surface area (Å²) in [7, 11) is 1.47. The van der Waals surface area contributed by atoms with Crippen LogP contribution in [0, 0.1) is 29.6 Å².